The monoisotopic (exact) mass is 269 g/mol. The third-order valence-electron chi connectivity index (χ3n) is 2.23. The fourth-order valence-electron chi connectivity index (χ4n) is 1.22. The Bertz CT molecular complexity index is 494. The predicted molar refractivity (Wildman–Crippen MR) is 65.8 cm³/mol. The molecular formula is C10H15N5O2S. The molecule has 0 aromatic carbocycles. The van der Waals surface area contributed by atoms with Crippen molar-refractivity contribution in [3.05, 3.63) is 11.2 Å². The Morgan fingerprint density at radius 2 is 2.33 bits per heavy atom. The molecule has 2 heterocycles. The quantitative estimate of drug-likeness (QED) is 0.870. The van der Waals surface area contributed by atoms with E-state index in [4.69, 9.17) is 15.0 Å². The lowest BCUT2D eigenvalue weighted by Gasteiger charge is -2.21. The molecule has 0 fully saturated rings. The molecule has 8 heteroatoms. The molecule has 2 aromatic heterocycles. The number of ether oxygens (including phenoxy) is 1. The summed E-state index contributed by atoms with van der Waals surface area (Å²) in [6, 6.07) is 0. The zero-order chi connectivity index (χ0) is 13.2. The Hall–Kier alpha value is -1.38. The summed E-state index contributed by atoms with van der Waals surface area (Å²) in [6.45, 7) is 6.00. The Balaban J connectivity index is 2.14. The van der Waals surface area contributed by atoms with E-state index >= 15 is 0 Å². The summed E-state index contributed by atoms with van der Waals surface area (Å²) in [6.07, 6.45) is 0.0991. The third kappa shape index (κ3) is 2.89. The number of rotatable bonds is 5. The van der Waals surface area contributed by atoms with Crippen LogP contribution in [0.2, 0.25) is 0 Å². The minimum Gasteiger partial charge on any atom is -0.376 e. The van der Waals surface area contributed by atoms with Crippen molar-refractivity contribution in [3.63, 3.8) is 0 Å². The van der Waals surface area contributed by atoms with Crippen molar-refractivity contribution < 1.29 is 9.26 Å². The summed E-state index contributed by atoms with van der Waals surface area (Å²) in [5.74, 6) is 0.714. The van der Waals surface area contributed by atoms with Gasteiger partial charge in [-0.3, -0.25) is 0 Å². The largest absolute Gasteiger partial charge is 0.376 e. The molecule has 0 spiro atoms. The first-order chi connectivity index (χ1) is 8.49. The first-order valence-corrected chi connectivity index (χ1v) is 6.35. The molecule has 7 nitrogen and oxygen atoms in total. The van der Waals surface area contributed by atoms with Gasteiger partial charge in [0.2, 0.25) is 0 Å². The smallest absolute Gasteiger partial charge is 0.279 e. The van der Waals surface area contributed by atoms with Crippen LogP contribution in [0.1, 0.15) is 26.6 Å². The minimum atomic E-state index is -0.796. The summed E-state index contributed by atoms with van der Waals surface area (Å²) >= 11 is 1.22. The van der Waals surface area contributed by atoms with E-state index in [1.807, 2.05) is 13.8 Å². The van der Waals surface area contributed by atoms with E-state index in [0.29, 0.717) is 24.0 Å². The van der Waals surface area contributed by atoms with Crippen LogP contribution in [-0.2, 0) is 10.3 Å². The van der Waals surface area contributed by atoms with Gasteiger partial charge in [-0.15, -0.1) is 5.10 Å². The van der Waals surface area contributed by atoms with Crippen molar-refractivity contribution in [2.45, 2.75) is 32.4 Å². The lowest BCUT2D eigenvalue weighted by Crippen LogP contribution is -2.40. The van der Waals surface area contributed by atoms with E-state index < -0.39 is 5.54 Å². The molecular weight excluding hydrogens is 254 g/mol. The topological polar surface area (TPSA) is 100.0 Å². The Labute approximate surface area is 109 Å². The highest BCUT2D eigenvalue weighted by atomic mass is 32.1. The Morgan fingerprint density at radius 3 is 2.94 bits per heavy atom. The molecule has 18 heavy (non-hydrogen) atoms. The van der Waals surface area contributed by atoms with Gasteiger partial charge in [-0.25, -0.2) is 0 Å². The normalized spacial score (nSPS) is 14.9. The first kappa shape index (κ1) is 13.1. The SMILES string of the molecule is CC(C)OCC(C)(N)c1noc(-c2csnn2)n1. The van der Waals surface area contributed by atoms with Crippen LogP contribution in [-0.4, -0.2) is 32.4 Å². The van der Waals surface area contributed by atoms with Gasteiger partial charge < -0.3 is 15.0 Å². The number of nitrogens with zero attached hydrogens (tertiary/aromatic N) is 4. The van der Waals surface area contributed by atoms with E-state index in [2.05, 4.69) is 19.7 Å². The number of hydrogen-bond acceptors (Lipinski definition) is 8. The second kappa shape index (κ2) is 5.09. The number of nitrogens with two attached hydrogens (primary N) is 1. The molecule has 0 amide bonds. The summed E-state index contributed by atoms with van der Waals surface area (Å²) in [5, 5.41) is 9.46. The van der Waals surface area contributed by atoms with Crippen molar-refractivity contribution in [1.29, 1.82) is 0 Å². The Morgan fingerprint density at radius 1 is 1.56 bits per heavy atom. The molecule has 0 aliphatic carbocycles. The van der Waals surface area contributed by atoms with Gasteiger partial charge in [-0.05, 0) is 32.3 Å². The van der Waals surface area contributed by atoms with Crippen molar-refractivity contribution in [3.8, 4) is 11.6 Å². The summed E-state index contributed by atoms with van der Waals surface area (Å²) in [4.78, 5) is 4.22. The van der Waals surface area contributed by atoms with Crippen LogP contribution < -0.4 is 5.73 Å². The Kier molecular flexibility index (Phi) is 3.69. The molecule has 98 valence electrons. The molecule has 1 atom stereocenters. The molecule has 2 N–H and O–H groups in total. The average molecular weight is 269 g/mol. The molecule has 0 aliphatic rings. The van der Waals surface area contributed by atoms with Gasteiger partial charge in [-0.2, -0.15) is 4.98 Å². The number of hydrogen-bond donors (Lipinski definition) is 1. The molecule has 0 saturated carbocycles. The first-order valence-electron chi connectivity index (χ1n) is 5.51. The van der Waals surface area contributed by atoms with Gasteiger partial charge in [0, 0.05) is 5.38 Å². The van der Waals surface area contributed by atoms with E-state index in [1.165, 1.54) is 11.5 Å². The molecule has 1 unspecified atom stereocenters. The van der Waals surface area contributed by atoms with Crippen molar-refractivity contribution >= 4 is 11.5 Å². The summed E-state index contributed by atoms with van der Waals surface area (Å²) in [5.41, 5.74) is 5.87. The van der Waals surface area contributed by atoms with Crippen LogP contribution in [0.4, 0.5) is 0 Å². The minimum absolute atomic E-state index is 0.0991. The standard InChI is InChI=1S/C10H15N5O2S/c1-6(2)16-5-10(3,11)9-12-8(17-14-9)7-4-18-15-13-7/h4,6H,5,11H2,1-3H3. The zero-order valence-electron chi connectivity index (χ0n) is 10.5. The second-order valence-electron chi connectivity index (χ2n) is 4.49. The summed E-state index contributed by atoms with van der Waals surface area (Å²) < 4.78 is 14.3. The molecule has 0 bridgehead atoms. The molecule has 2 aromatic rings. The van der Waals surface area contributed by atoms with Crippen LogP contribution in [0.15, 0.2) is 9.90 Å². The van der Waals surface area contributed by atoms with Gasteiger partial charge in [0.15, 0.2) is 11.5 Å². The molecule has 0 radical (unpaired) electrons. The average Bonchev–Trinajstić information content (AvgIpc) is 2.96. The highest BCUT2D eigenvalue weighted by molar-refractivity contribution is 7.03. The zero-order valence-corrected chi connectivity index (χ0v) is 11.3. The second-order valence-corrected chi connectivity index (χ2v) is 5.10. The highest BCUT2D eigenvalue weighted by Crippen LogP contribution is 2.20. The van der Waals surface area contributed by atoms with Crippen LogP contribution in [0.3, 0.4) is 0 Å². The maximum atomic E-state index is 6.11. The van der Waals surface area contributed by atoms with E-state index in [0.717, 1.165) is 0 Å². The van der Waals surface area contributed by atoms with Crippen LogP contribution in [0, 0.1) is 0 Å². The van der Waals surface area contributed by atoms with Gasteiger partial charge in [-0.1, -0.05) is 9.64 Å². The predicted octanol–water partition coefficient (Wildman–Crippen LogP) is 1.19. The third-order valence-corrected chi connectivity index (χ3v) is 2.74. The van der Waals surface area contributed by atoms with Crippen LogP contribution in [0.5, 0.6) is 0 Å². The van der Waals surface area contributed by atoms with E-state index in [1.54, 1.807) is 12.3 Å². The van der Waals surface area contributed by atoms with Gasteiger partial charge in [0.1, 0.15) is 5.54 Å². The van der Waals surface area contributed by atoms with E-state index in [-0.39, 0.29) is 6.10 Å². The lowest BCUT2D eigenvalue weighted by molar-refractivity contribution is 0.0410. The molecule has 0 saturated heterocycles. The fraction of sp³-hybridized carbons (Fsp3) is 0.600. The van der Waals surface area contributed by atoms with Gasteiger partial charge in [0.05, 0.1) is 12.7 Å². The highest BCUT2D eigenvalue weighted by Gasteiger charge is 2.29. The van der Waals surface area contributed by atoms with Crippen LogP contribution >= 0.6 is 11.5 Å². The maximum Gasteiger partial charge on any atom is 0.279 e. The van der Waals surface area contributed by atoms with Gasteiger partial charge >= 0.3 is 0 Å². The van der Waals surface area contributed by atoms with Gasteiger partial charge in [0.25, 0.3) is 5.89 Å². The molecule has 2 rings (SSSR count). The van der Waals surface area contributed by atoms with E-state index in [9.17, 15) is 0 Å². The van der Waals surface area contributed by atoms with Crippen molar-refractivity contribution in [2.75, 3.05) is 6.61 Å². The van der Waals surface area contributed by atoms with Crippen molar-refractivity contribution in [2.24, 2.45) is 5.73 Å². The number of aromatic nitrogens is 4. The summed E-state index contributed by atoms with van der Waals surface area (Å²) in [7, 11) is 0. The van der Waals surface area contributed by atoms with Crippen molar-refractivity contribution in [1.82, 2.24) is 19.7 Å². The molecule has 0 aliphatic heterocycles. The lowest BCUT2D eigenvalue weighted by atomic mass is 10.1. The maximum absolute atomic E-state index is 6.11. The fourth-order valence-corrected chi connectivity index (χ4v) is 1.65. The van der Waals surface area contributed by atoms with Crippen LogP contribution in [0.25, 0.3) is 11.6 Å².